The minimum atomic E-state index is 0.646. The number of halogens is 1. The molecule has 2 rings (SSSR count). The molecule has 19 heavy (non-hydrogen) atoms. The zero-order valence-corrected chi connectivity index (χ0v) is 12.5. The van der Waals surface area contributed by atoms with Crippen molar-refractivity contribution in [3.63, 3.8) is 0 Å². The minimum Gasteiger partial charge on any atom is -0.340 e. The predicted molar refractivity (Wildman–Crippen MR) is 81.4 cm³/mol. The third-order valence-electron chi connectivity index (χ3n) is 2.96. The Morgan fingerprint density at radius 2 is 2.00 bits per heavy atom. The largest absolute Gasteiger partial charge is 0.340 e. The molecule has 0 aliphatic heterocycles. The average molecular weight is 322 g/mol. The SMILES string of the molecule is CCc1c(NN)ncnc1Nc1cccc(Br)c1C. The van der Waals surface area contributed by atoms with Gasteiger partial charge in [0.25, 0.3) is 0 Å². The summed E-state index contributed by atoms with van der Waals surface area (Å²) in [7, 11) is 0. The van der Waals surface area contributed by atoms with Crippen molar-refractivity contribution in [3.05, 3.63) is 40.1 Å². The third kappa shape index (κ3) is 2.85. The summed E-state index contributed by atoms with van der Waals surface area (Å²) in [6.07, 6.45) is 2.28. The lowest BCUT2D eigenvalue weighted by molar-refractivity contribution is 1.04. The Bertz CT molecular complexity index is 585. The number of rotatable bonds is 4. The van der Waals surface area contributed by atoms with Crippen LogP contribution >= 0.6 is 15.9 Å². The van der Waals surface area contributed by atoms with Crippen LogP contribution in [0.4, 0.5) is 17.3 Å². The molecule has 1 aromatic heterocycles. The lowest BCUT2D eigenvalue weighted by Gasteiger charge is -2.14. The summed E-state index contributed by atoms with van der Waals surface area (Å²) < 4.78 is 1.06. The Hall–Kier alpha value is -1.66. The molecule has 2 aromatic rings. The summed E-state index contributed by atoms with van der Waals surface area (Å²) in [5, 5.41) is 3.33. The van der Waals surface area contributed by atoms with Gasteiger partial charge in [0.15, 0.2) is 0 Å². The molecule has 0 spiro atoms. The fourth-order valence-electron chi connectivity index (χ4n) is 1.85. The van der Waals surface area contributed by atoms with E-state index in [0.29, 0.717) is 5.82 Å². The highest BCUT2D eigenvalue weighted by Crippen LogP contribution is 2.28. The van der Waals surface area contributed by atoms with E-state index in [2.05, 4.69) is 36.6 Å². The number of nitrogens with two attached hydrogens (primary N) is 1. The van der Waals surface area contributed by atoms with E-state index >= 15 is 0 Å². The lowest BCUT2D eigenvalue weighted by Crippen LogP contribution is -2.13. The molecule has 6 heteroatoms. The van der Waals surface area contributed by atoms with Gasteiger partial charge >= 0.3 is 0 Å². The van der Waals surface area contributed by atoms with Gasteiger partial charge in [-0.3, -0.25) is 0 Å². The smallest absolute Gasteiger partial charge is 0.148 e. The Morgan fingerprint density at radius 1 is 1.26 bits per heavy atom. The number of nitrogens with zero attached hydrogens (tertiary/aromatic N) is 2. The van der Waals surface area contributed by atoms with E-state index in [4.69, 9.17) is 5.84 Å². The van der Waals surface area contributed by atoms with Crippen molar-refractivity contribution in [1.82, 2.24) is 9.97 Å². The molecule has 0 fully saturated rings. The van der Waals surface area contributed by atoms with Crippen LogP contribution < -0.4 is 16.6 Å². The summed E-state index contributed by atoms with van der Waals surface area (Å²) >= 11 is 3.52. The minimum absolute atomic E-state index is 0.646. The quantitative estimate of drug-likeness (QED) is 0.595. The van der Waals surface area contributed by atoms with Gasteiger partial charge in [-0.25, -0.2) is 15.8 Å². The van der Waals surface area contributed by atoms with E-state index in [1.165, 1.54) is 6.33 Å². The van der Waals surface area contributed by atoms with Crippen molar-refractivity contribution < 1.29 is 0 Å². The van der Waals surface area contributed by atoms with Crippen LogP contribution in [0.25, 0.3) is 0 Å². The molecular weight excluding hydrogens is 306 g/mol. The first-order valence-corrected chi connectivity index (χ1v) is 6.79. The molecular formula is C13H16BrN5. The van der Waals surface area contributed by atoms with Crippen LogP contribution in [0, 0.1) is 6.92 Å². The average Bonchev–Trinajstić information content (AvgIpc) is 2.43. The number of anilines is 3. The Labute approximate surface area is 120 Å². The number of hydrogen-bond donors (Lipinski definition) is 3. The van der Waals surface area contributed by atoms with E-state index in [1.54, 1.807) is 0 Å². The summed E-state index contributed by atoms with van der Waals surface area (Å²) in [6, 6.07) is 6.00. The number of nitrogens with one attached hydrogen (secondary N) is 2. The molecule has 0 amide bonds. The second-order valence-electron chi connectivity index (χ2n) is 4.08. The van der Waals surface area contributed by atoms with Crippen LogP contribution in [0.1, 0.15) is 18.1 Å². The van der Waals surface area contributed by atoms with Gasteiger partial charge in [0.1, 0.15) is 18.0 Å². The maximum Gasteiger partial charge on any atom is 0.148 e. The molecule has 0 aliphatic carbocycles. The van der Waals surface area contributed by atoms with Crippen LogP contribution in [0.2, 0.25) is 0 Å². The predicted octanol–water partition coefficient (Wildman–Crippen LogP) is 3.14. The highest BCUT2D eigenvalue weighted by Gasteiger charge is 2.10. The van der Waals surface area contributed by atoms with Crippen LogP contribution in [0.15, 0.2) is 29.0 Å². The van der Waals surface area contributed by atoms with Crippen molar-refractivity contribution in [2.75, 3.05) is 10.7 Å². The summed E-state index contributed by atoms with van der Waals surface area (Å²) in [5.41, 5.74) is 5.70. The first kappa shape index (κ1) is 13.8. The van der Waals surface area contributed by atoms with Crippen molar-refractivity contribution in [1.29, 1.82) is 0 Å². The monoisotopic (exact) mass is 321 g/mol. The third-order valence-corrected chi connectivity index (χ3v) is 3.82. The number of benzene rings is 1. The number of hydrazine groups is 1. The molecule has 0 radical (unpaired) electrons. The molecule has 1 heterocycles. The van der Waals surface area contributed by atoms with E-state index < -0.39 is 0 Å². The topological polar surface area (TPSA) is 75.9 Å². The van der Waals surface area contributed by atoms with Gasteiger partial charge in [0.2, 0.25) is 0 Å². The van der Waals surface area contributed by atoms with Crippen LogP contribution in [-0.2, 0) is 6.42 Å². The van der Waals surface area contributed by atoms with Crippen LogP contribution in [0.3, 0.4) is 0 Å². The first-order chi connectivity index (χ1) is 9.17. The standard InChI is InChI=1S/C13H16BrN5/c1-3-9-12(16-7-17-13(9)19-15)18-11-6-4-5-10(14)8(11)2/h4-7H,3,15H2,1-2H3,(H2,16,17,18,19). The second kappa shape index (κ2) is 5.99. The van der Waals surface area contributed by atoms with Gasteiger partial charge in [0, 0.05) is 15.7 Å². The molecule has 5 nitrogen and oxygen atoms in total. The molecule has 0 unspecified atom stereocenters. The summed E-state index contributed by atoms with van der Waals surface area (Å²) in [6.45, 7) is 4.08. The summed E-state index contributed by atoms with van der Waals surface area (Å²) in [4.78, 5) is 8.40. The second-order valence-corrected chi connectivity index (χ2v) is 4.94. The highest BCUT2D eigenvalue weighted by atomic mass is 79.9. The van der Waals surface area contributed by atoms with Gasteiger partial charge < -0.3 is 10.7 Å². The first-order valence-electron chi connectivity index (χ1n) is 6.00. The molecule has 1 aromatic carbocycles. The van der Waals surface area contributed by atoms with Crippen LogP contribution in [-0.4, -0.2) is 9.97 Å². The van der Waals surface area contributed by atoms with Crippen molar-refractivity contribution in [3.8, 4) is 0 Å². The number of hydrogen-bond acceptors (Lipinski definition) is 5. The van der Waals surface area contributed by atoms with Crippen molar-refractivity contribution in [2.45, 2.75) is 20.3 Å². The Balaban J connectivity index is 2.41. The zero-order valence-electron chi connectivity index (χ0n) is 10.9. The summed E-state index contributed by atoms with van der Waals surface area (Å²) in [5.74, 6) is 6.88. The fraction of sp³-hybridized carbons (Fsp3) is 0.231. The normalized spacial score (nSPS) is 10.3. The van der Waals surface area contributed by atoms with Crippen LogP contribution in [0.5, 0.6) is 0 Å². The van der Waals surface area contributed by atoms with Gasteiger partial charge in [-0.1, -0.05) is 28.9 Å². The molecule has 0 bridgehead atoms. The zero-order chi connectivity index (χ0) is 13.8. The molecule has 0 atom stereocenters. The molecule has 0 saturated carbocycles. The van der Waals surface area contributed by atoms with Gasteiger partial charge in [-0.2, -0.15) is 0 Å². The van der Waals surface area contributed by atoms with E-state index in [-0.39, 0.29) is 0 Å². The lowest BCUT2D eigenvalue weighted by atomic mass is 10.1. The molecule has 0 saturated heterocycles. The Kier molecular flexibility index (Phi) is 4.34. The fourth-order valence-corrected chi connectivity index (χ4v) is 2.22. The van der Waals surface area contributed by atoms with Gasteiger partial charge in [0.05, 0.1) is 0 Å². The van der Waals surface area contributed by atoms with Crippen molar-refractivity contribution in [2.24, 2.45) is 5.84 Å². The molecule has 0 aliphatic rings. The maximum absolute atomic E-state index is 5.47. The van der Waals surface area contributed by atoms with E-state index in [9.17, 15) is 0 Å². The number of nitrogen functional groups attached to an aromatic ring is 1. The van der Waals surface area contributed by atoms with Gasteiger partial charge in [-0.15, -0.1) is 0 Å². The van der Waals surface area contributed by atoms with E-state index in [0.717, 1.165) is 33.5 Å². The Morgan fingerprint density at radius 3 is 2.68 bits per heavy atom. The van der Waals surface area contributed by atoms with Gasteiger partial charge in [-0.05, 0) is 31.0 Å². The number of aromatic nitrogens is 2. The highest BCUT2D eigenvalue weighted by molar-refractivity contribution is 9.10. The van der Waals surface area contributed by atoms with E-state index in [1.807, 2.05) is 32.0 Å². The molecule has 4 N–H and O–H groups in total. The molecule has 100 valence electrons. The van der Waals surface area contributed by atoms with Crippen molar-refractivity contribution >= 4 is 33.3 Å². The maximum atomic E-state index is 5.47.